The van der Waals surface area contributed by atoms with Gasteiger partial charge in [-0.1, -0.05) is 0 Å². The van der Waals surface area contributed by atoms with Gasteiger partial charge in [-0.25, -0.2) is 0 Å². The van der Waals surface area contributed by atoms with E-state index in [1.54, 1.807) is 0 Å². The Balaban J connectivity index is 1.85. The first-order chi connectivity index (χ1) is 7.81. The number of nitrogens with zero attached hydrogens (tertiary/aromatic N) is 1. The monoisotopic (exact) mass is 228 g/mol. The highest BCUT2D eigenvalue weighted by atomic mass is 16.5. The molecule has 2 rings (SSSR count). The Bertz CT molecular complexity index is 239. The van der Waals surface area contributed by atoms with Gasteiger partial charge in [0.2, 0.25) is 0 Å². The quantitative estimate of drug-likeness (QED) is 0.723. The van der Waals surface area contributed by atoms with Gasteiger partial charge in [0, 0.05) is 19.7 Å². The molecule has 16 heavy (non-hydrogen) atoms. The molecule has 0 aromatic carbocycles. The molecule has 5 nitrogen and oxygen atoms in total. The van der Waals surface area contributed by atoms with E-state index < -0.39 is 0 Å². The first kappa shape index (κ1) is 11.8. The summed E-state index contributed by atoms with van der Waals surface area (Å²) < 4.78 is 11.0. The smallest absolute Gasteiger partial charge is 0.251 e. The largest absolute Gasteiger partial charge is 0.374 e. The molecule has 0 aliphatic carbocycles. The minimum atomic E-state index is -0.211. The number of amides is 1. The van der Waals surface area contributed by atoms with Gasteiger partial charge in [0.15, 0.2) is 0 Å². The summed E-state index contributed by atoms with van der Waals surface area (Å²) >= 11 is 0. The minimum Gasteiger partial charge on any atom is -0.374 e. The molecule has 1 amide bonds. The minimum absolute atomic E-state index is 0.101. The van der Waals surface area contributed by atoms with Crippen LogP contribution in [0, 0.1) is 0 Å². The summed E-state index contributed by atoms with van der Waals surface area (Å²) in [4.78, 5) is 13.9. The highest BCUT2D eigenvalue weighted by Gasteiger charge is 2.31. The van der Waals surface area contributed by atoms with Gasteiger partial charge in [0.25, 0.3) is 5.91 Å². The molecule has 2 aliphatic rings. The molecule has 2 aliphatic heterocycles. The van der Waals surface area contributed by atoms with Gasteiger partial charge in [0.1, 0.15) is 6.10 Å². The predicted octanol–water partition coefficient (Wildman–Crippen LogP) is -0.258. The molecule has 2 saturated heterocycles. The third-order valence-corrected chi connectivity index (χ3v) is 3.14. The maximum atomic E-state index is 12.1. The van der Waals surface area contributed by atoms with E-state index in [0.29, 0.717) is 32.8 Å². The van der Waals surface area contributed by atoms with Crippen molar-refractivity contribution in [1.29, 1.82) is 0 Å². The zero-order valence-electron chi connectivity index (χ0n) is 9.56. The summed E-state index contributed by atoms with van der Waals surface area (Å²) in [5.74, 6) is 0.128. The van der Waals surface area contributed by atoms with Crippen LogP contribution in [0.3, 0.4) is 0 Å². The Morgan fingerprint density at radius 3 is 2.94 bits per heavy atom. The first-order valence-electron chi connectivity index (χ1n) is 6.03. The predicted molar refractivity (Wildman–Crippen MR) is 59.0 cm³/mol. The van der Waals surface area contributed by atoms with Gasteiger partial charge in [-0.3, -0.25) is 4.79 Å². The van der Waals surface area contributed by atoms with Crippen LogP contribution in [0.5, 0.6) is 0 Å². The second-order valence-corrected chi connectivity index (χ2v) is 4.36. The van der Waals surface area contributed by atoms with Crippen molar-refractivity contribution in [3.8, 4) is 0 Å². The number of hydrogen-bond donors (Lipinski definition) is 1. The Hall–Kier alpha value is -0.650. The molecule has 5 heteroatoms. The summed E-state index contributed by atoms with van der Waals surface area (Å²) in [6.45, 7) is 3.28. The molecule has 2 heterocycles. The normalized spacial score (nSPS) is 30.7. The lowest BCUT2D eigenvalue weighted by Crippen LogP contribution is -2.49. The van der Waals surface area contributed by atoms with Gasteiger partial charge >= 0.3 is 0 Å². The maximum Gasteiger partial charge on any atom is 0.251 e. The second-order valence-electron chi connectivity index (χ2n) is 4.36. The molecule has 2 fully saturated rings. The summed E-state index contributed by atoms with van der Waals surface area (Å²) in [5.41, 5.74) is 5.49. The van der Waals surface area contributed by atoms with Crippen LogP contribution in [0.1, 0.15) is 19.3 Å². The maximum absolute atomic E-state index is 12.1. The molecule has 0 spiro atoms. The number of morpholine rings is 1. The summed E-state index contributed by atoms with van der Waals surface area (Å²) in [5, 5.41) is 0. The van der Waals surface area contributed by atoms with Crippen molar-refractivity contribution in [3.63, 3.8) is 0 Å². The van der Waals surface area contributed by atoms with Crippen LogP contribution in [-0.4, -0.2) is 55.9 Å². The summed E-state index contributed by atoms with van der Waals surface area (Å²) in [6.07, 6.45) is 2.56. The van der Waals surface area contributed by atoms with Crippen LogP contribution in [-0.2, 0) is 14.3 Å². The molecule has 0 bridgehead atoms. The summed E-state index contributed by atoms with van der Waals surface area (Å²) in [7, 11) is 0. The Labute approximate surface area is 95.9 Å². The zero-order chi connectivity index (χ0) is 11.4. The van der Waals surface area contributed by atoms with E-state index in [4.69, 9.17) is 15.2 Å². The van der Waals surface area contributed by atoms with Crippen LogP contribution in [0.2, 0.25) is 0 Å². The van der Waals surface area contributed by atoms with Crippen molar-refractivity contribution < 1.29 is 14.3 Å². The lowest BCUT2D eigenvalue weighted by Gasteiger charge is -2.34. The highest BCUT2D eigenvalue weighted by molar-refractivity contribution is 5.81. The van der Waals surface area contributed by atoms with Gasteiger partial charge in [-0.05, 0) is 25.8 Å². The molecule has 0 aromatic rings. The molecule has 0 aromatic heterocycles. The standard InChI is InChI=1S/C11H20N2O3/c12-4-3-9-8-13(5-7-15-9)11(14)10-2-1-6-16-10/h9-10H,1-8,12H2. The number of nitrogens with two attached hydrogens (primary N) is 1. The lowest BCUT2D eigenvalue weighted by molar-refractivity contribution is -0.148. The van der Waals surface area contributed by atoms with Gasteiger partial charge in [-0.2, -0.15) is 0 Å². The van der Waals surface area contributed by atoms with E-state index in [1.807, 2.05) is 4.90 Å². The van der Waals surface area contributed by atoms with E-state index in [1.165, 1.54) is 0 Å². The first-order valence-corrected chi connectivity index (χ1v) is 6.03. The average molecular weight is 228 g/mol. The van der Waals surface area contributed by atoms with E-state index in [0.717, 1.165) is 19.3 Å². The van der Waals surface area contributed by atoms with Gasteiger partial charge < -0.3 is 20.1 Å². The number of rotatable bonds is 3. The van der Waals surface area contributed by atoms with Crippen molar-refractivity contribution in [2.24, 2.45) is 5.73 Å². The van der Waals surface area contributed by atoms with Crippen LogP contribution >= 0.6 is 0 Å². The number of carbonyl (C=O) groups is 1. The van der Waals surface area contributed by atoms with Crippen molar-refractivity contribution in [3.05, 3.63) is 0 Å². The number of ether oxygens (including phenoxy) is 2. The van der Waals surface area contributed by atoms with Crippen molar-refractivity contribution in [2.75, 3.05) is 32.8 Å². The molecule has 0 radical (unpaired) electrons. The van der Waals surface area contributed by atoms with Crippen LogP contribution in [0.15, 0.2) is 0 Å². The topological polar surface area (TPSA) is 64.8 Å². The molecule has 2 N–H and O–H groups in total. The van der Waals surface area contributed by atoms with Crippen molar-refractivity contribution in [1.82, 2.24) is 4.90 Å². The van der Waals surface area contributed by atoms with E-state index in [-0.39, 0.29) is 18.1 Å². The molecule has 2 unspecified atom stereocenters. The fraction of sp³-hybridized carbons (Fsp3) is 0.909. The second kappa shape index (κ2) is 5.61. The van der Waals surface area contributed by atoms with Crippen LogP contribution in [0.25, 0.3) is 0 Å². The highest BCUT2D eigenvalue weighted by Crippen LogP contribution is 2.17. The molecular weight excluding hydrogens is 208 g/mol. The fourth-order valence-corrected chi connectivity index (χ4v) is 2.26. The van der Waals surface area contributed by atoms with E-state index in [2.05, 4.69) is 0 Å². The van der Waals surface area contributed by atoms with Crippen LogP contribution in [0.4, 0.5) is 0 Å². The Morgan fingerprint density at radius 2 is 2.25 bits per heavy atom. The molecule has 92 valence electrons. The van der Waals surface area contributed by atoms with Crippen molar-refractivity contribution in [2.45, 2.75) is 31.5 Å². The molecule has 2 atom stereocenters. The average Bonchev–Trinajstić information content (AvgIpc) is 2.82. The van der Waals surface area contributed by atoms with Gasteiger partial charge in [0.05, 0.1) is 12.7 Å². The Morgan fingerprint density at radius 1 is 1.38 bits per heavy atom. The van der Waals surface area contributed by atoms with Crippen LogP contribution < -0.4 is 5.73 Å². The number of carbonyl (C=O) groups excluding carboxylic acids is 1. The zero-order valence-corrected chi connectivity index (χ0v) is 9.56. The number of hydrogen-bond acceptors (Lipinski definition) is 4. The van der Waals surface area contributed by atoms with Crippen molar-refractivity contribution >= 4 is 5.91 Å². The molecule has 0 saturated carbocycles. The van der Waals surface area contributed by atoms with E-state index in [9.17, 15) is 4.79 Å². The SMILES string of the molecule is NCCC1CN(C(=O)C2CCCO2)CCO1. The van der Waals surface area contributed by atoms with Gasteiger partial charge in [-0.15, -0.1) is 0 Å². The van der Waals surface area contributed by atoms with E-state index >= 15 is 0 Å². The lowest BCUT2D eigenvalue weighted by atomic mass is 10.1. The summed E-state index contributed by atoms with van der Waals surface area (Å²) in [6, 6.07) is 0. The third kappa shape index (κ3) is 2.72. The Kier molecular flexibility index (Phi) is 4.15. The molecular formula is C11H20N2O3. The third-order valence-electron chi connectivity index (χ3n) is 3.14. The fourth-order valence-electron chi connectivity index (χ4n) is 2.26.